The maximum absolute atomic E-state index is 12.9. The molecule has 2 N–H and O–H groups in total. The molecule has 0 saturated heterocycles. The third-order valence-corrected chi connectivity index (χ3v) is 2.44. The fourth-order valence-corrected chi connectivity index (χ4v) is 1.46. The second-order valence-electron chi connectivity index (χ2n) is 4.15. The lowest BCUT2D eigenvalue weighted by Gasteiger charge is -2.31. The Morgan fingerprint density at radius 2 is 1.89 bits per heavy atom. The highest BCUT2D eigenvalue weighted by atomic mass is 19.3. The second-order valence-corrected chi connectivity index (χ2v) is 4.15. The lowest BCUT2D eigenvalue weighted by atomic mass is 9.78. The van der Waals surface area contributed by atoms with Crippen molar-refractivity contribution in [3.05, 3.63) is 0 Å². The van der Waals surface area contributed by atoms with Crippen LogP contribution in [0.25, 0.3) is 0 Å². The Kier molecular flexibility index (Phi) is 5.67. The van der Waals surface area contributed by atoms with Crippen molar-refractivity contribution in [1.29, 1.82) is 0 Å². The average Bonchev–Trinajstić information content (AvgIpc) is 2.24. The molecule has 0 heterocycles. The fraction of sp³-hybridized carbons (Fsp3) is 0.700. The lowest BCUT2D eigenvalue weighted by Crippen LogP contribution is -2.47. The molecule has 0 aliphatic carbocycles. The molecule has 0 aromatic rings. The maximum Gasteiger partial charge on any atom is 0.309 e. The summed E-state index contributed by atoms with van der Waals surface area (Å²) < 4.78 is 30.4. The van der Waals surface area contributed by atoms with Gasteiger partial charge in [0.15, 0.2) is 0 Å². The van der Waals surface area contributed by atoms with Crippen molar-refractivity contribution in [1.82, 2.24) is 5.32 Å². The van der Waals surface area contributed by atoms with Crippen LogP contribution in [-0.2, 0) is 14.3 Å². The third-order valence-electron chi connectivity index (χ3n) is 2.44. The average molecular weight is 266 g/mol. The van der Waals surface area contributed by atoms with Crippen molar-refractivity contribution in [2.45, 2.75) is 27.2 Å². The molecule has 0 fully saturated rings. The number of carbonyl (C=O) groups excluding carboxylic acids is 2. The van der Waals surface area contributed by atoms with Gasteiger partial charge >= 0.3 is 5.97 Å². The number of rotatable bonds is 4. The zero-order valence-electron chi connectivity index (χ0n) is 10.5. The second kappa shape index (κ2) is 6.27. The molecule has 0 bridgehead atoms. The van der Waals surface area contributed by atoms with Crippen molar-refractivity contribution >= 4 is 17.8 Å². The molecule has 0 rings (SSSR count). The Morgan fingerprint density at radius 1 is 1.39 bits per heavy atom. The van der Waals surface area contributed by atoms with Crippen LogP contribution in [0.4, 0.5) is 8.78 Å². The maximum atomic E-state index is 12.9. The van der Waals surface area contributed by atoms with E-state index in [1.165, 1.54) is 20.9 Å². The number of halogens is 2. The number of hydrogen-bond donors (Lipinski definition) is 2. The van der Waals surface area contributed by atoms with Crippen LogP contribution in [0.5, 0.6) is 0 Å². The highest BCUT2D eigenvalue weighted by molar-refractivity contribution is 5.95. The van der Waals surface area contributed by atoms with E-state index in [1.54, 1.807) is 0 Å². The minimum absolute atomic E-state index is 0.635. The van der Waals surface area contributed by atoms with E-state index >= 15 is 0 Å². The highest BCUT2D eigenvalue weighted by Crippen LogP contribution is 2.34. The Bertz CT molecular complexity index is 356. The normalized spacial score (nSPS) is 14.3. The number of alkyl halides is 2. The van der Waals surface area contributed by atoms with E-state index in [-0.39, 0.29) is 0 Å². The van der Waals surface area contributed by atoms with Crippen molar-refractivity contribution in [2.24, 2.45) is 16.5 Å². The molecule has 8 heteroatoms. The molecule has 104 valence electrons. The number of oxime groups is 1. The summed E-state index contributed by atoms with van der Waals surface area (Å²) in [7, 11) is 1.20. The predicted molar refractivity (Wildman–Crippen MR) is 58.3 cm³/mol. The van der Waals surface area contributed by atoms with Gasteiger partial charge in [0.2, 0.25) is 11.8 Å². The van der Waals surface area contributed by atoms with Gasteiger partial charge in [0.1, 0.15) is 5.92 Å². The van der Waals surface area contributed by atoms with Gasteiger partial charge in [-0.1, -0.05) is 19.0 Å². The lowest BCUT2D eigenvalue weighted by molar-refractivity contribution is -0.138. The summed E-state index contributed by atoms with van der Waals surface area (Å²) in [5, 5.41) is 13.5. The SMILES string of the molecule is CNC(=O)C(C(F)F)C(C)(C)/C(=N/O)OC(C)=O. The number of nitrogens with zero attached hydrogens (tertiary/aromatic N) is 1. The van der Waals surface area contributed by atoms with Gasteiger partial charge < -0.3 is 15.3 Å². The molecule has 0 saturated carbocycles. The molecule has 0 aliphatic heterocycles. The Hall–Kier alpha value is -1.73. The molecular formula is C10H16F2N2O4. The molecule has 0 aliphatic rings. The van der Waals surface area contributed by atoms with E-state index in [0.29, 0.717) is 0 Å². The first-order valence-corrected chi connectivity index (χ1v) is 5.09. The molecule has 1 unspecified atom stereocenters. The van der Waals surface area contributed by atoms with Crippen LogP contribution in [-0.4, -0.2) is 36.5 Å². The molecule has 1 atom stereocenters. The Labute approximate surface area is 103 Å². The van der Waals surface area contributed by atoms with Crippen LogP contribution in [0.2, 0.25) is 0 Å². The molecular weight excluding hydrogens is 250 g/mol. The number of hydrogen-bond acceptors (Lipinski definition) is 5. The molecule has 0 aromatic carbocycles. The topological polar surface area (TPSA) is 88.0 Å². The molecule has 1 amide bonds. The van der Waals surface area contributed by atoms with Crippen LogP contribution in [0.15, 0.2) is 5.16 Å². The number of ether oxygens (including phenoxy) is 1. The number of nitrogens with one attached hydrogen (secondary N) is 1. The zero-order chi connectivity index (χ0) is 14.5. The Morgan fingerprint density at radius 3 is 2.17 bits per heavy atom. The third kappa shape index (κ3) is 3.64. The standard InChI is InChI=1S/C10H16F2N2O4/c1-5(15)18-9(14-17)10(2,3)6(7(11)12)8(16)13-4/h6-7,17H,1-4H3,(H,13,16)/b14-9-. The van der Waals surface area contributed by atoms with Crippen LogP contribution in [0.1, 0.15) is 20.8 Å². The Balaban J connectivity index is 5.40. The van der Waals surface area contributed by atoms with E-state index < -0.39 is 35.5 Å². The highest BCUT2D eigenvalue weighted by Gasteiger charge is 2.47. The fourth-order valence-electron chi connectivity index (χ4n) is 1.46. The minimum atomic E-state index is -3.01. The van der Waals surface area contributed by atoms with Crippen LogP contribution < -0.4 is 5.32 Å². The van der Waals surface area contributed by atoms with Crippen LogP contribution in [0.3, 0.4) is 0 Å². The first-order chi connectivity index (χ1) is 8.18. The largest absolute Gasteiger partial charge is 0.408 e. The quantitative estimate of drug-likeness (QED) is 0.261. The summed E-state index contributed by atoms with van der Waals surface area (Å²) in [6.07, 6.45) is -3.01. The van der Waals surface area contributed by atoms with E-state index in [9.17, 15) is 18.4 Å². The van der Waals surface area contributed by atoms with Crippen molar-refractivity contribution < 1.29 is 28.3 Å². The van der Waals surface area contributed by atoms with Gasteiger partial charge in [-0.2, -0.15) is 0 Å². The number of esters is 1. The summed E-state index contributed by atoms with van der Waals surface area (Å²) in [5.41, 5.74) is -1.64. The first kappa shape index (κ1) is 16.3. The minimum Gasteiger partial charge on any atom is -0.408 e. The van der Waals surface area contributed by atoms with Crippen LogP contribution >= 0.6 is 0 Å². The van der Waals surface area contributed by atoms with Gasteiger partial charge in [-0.25, -0.2) is 8.78 Å². The van der Waals surface area contributed by atoms with Gasteiger partial charge in [-0.3, -0.25) is 9.59 Å². The summed E-state index contributed by atoms with van der Waals surface area (Å²) in [5.74, 6) is -4.22. The van der Waals surface area contributed by atoms with E-state index in [4.69, 9.17) is 5.21 Å². The summed E-state index contributed by atoms with van der Waals surface area (Å²) >= 11 is 0. The monoisotopic (exact) mass is 266 g/mol. The van der Waals surface area contributed by atoms with E-state index in [0.717, 1.165) is 6.92 Å². The summed E-state index contributed by atoms with van der Waals surface area (Å²) in [6, 6.07) is 0. The van der Waals surface area contributed by atoms with Crippen molar-refractivity contribution in [3.63, 3.8) is 0 Å². The summed E-state index contributed by atoms with van der Waals surface area (Å²) in [4.78, 5) is 22.2. The first-order valence-electron chi connectivity index (χ1n) is 5.09. The van der Waals surface area contributed by atoms with Gasteiger partial charge in [0.05, 0.1) is 5.41 Å². The molecule has 0 spiro atoms. The van der Waals surface area contributed by atoms with Gasteiger partial charge in [-0.15, -0.1) is 0 Å². The van der Waals surface area contributed by atoms with Gasteiger partial charge in [0.25, 0.3) is 6.43 Å². The molecule has 18 heavy (non-hydrogen) atoms. The zero-order valence-corrected chi connectivity index (χ0v) is 10.5. The van der Waals surface area contributed by atoms with Crippen LogP contribution in [0, 0.1) is 11.3 Å². The molecule has 0 aromatic heterocycles. The molecule has 6 nitrogen and oxygen atoms in total. The molecule has 0 radical (unpaired) electrons. The predicted octanol–water partition coefficient (Wildman–Crippen LogP) is 0.991. The smallest absolute Gasteiger partial charge is 0.309 e. The van der Waals surface area contributed by atoms with E-state index in [1.807, 2.05) is 0 Å². The van der Waals surface area contributed by atoms with E-state index in [2.05, 4.69) is 15.2 Å². The summed E-state index contributed by atoms with van der Waals surface area (Å²) in [6.45, 7) is 3.46. The number of carbonyl (C=O) groups is 2. The van der Waals surface area contributed by atoms with Gasteiger partial charge in [-0.05, 0) is 0 Å². The van der Waals surface area contributed by atoms with Gasteiger partial charge in [0, 0.05) is 14.0 Å². The van der Waals surface area contributed by atoms with Crippen molar-refractivity contribution in [2.75, 3.05) is 7.05 Å². The number of amides is 1. The van der Waals surface area contributed by atoms with Crippen molar-refractivity contribution in [3.8, 4) is 0 Å².